The molecule has 2 aromatic carbocycles. The zero-order valence-corrected chi connectivity index (χ0v) is 14.0. The number of benzene rings is 2. The summed E-state index contributed by atoms with van der Waals surface area (Å²) in [5, 5.41) is 0.728. The number of hydrogen-bond donors (Lipinski definition) is 0. The fraction of sp³-hybridized carbons (Fsp3) is 0.118. The smallest absolute Gasteiger partial charge is 0.336 e. The molecule has 0 aromatic heterocycles. The van der Waals surface area contributed by atoms with E-state index in [0.29, 0.717) is 27.1 Å². The SMILES string of the molecule is COc1ccc(OC)c(/C=C/C(=O)Oc2cc(Cl)ccc2Cl)c1. The first-order valence-corrected chi connectivity index (χ1v) is 7.36. The summed E-state index contributed by atoms with van der Waals surface area (Å²) in [5.41, 5.74) is 0.681. The third kappa shape index (κ3) is 4.65. The van der Waals surface area contributed by atoms with E-state index in [1.165, 1.54) is 12.1 Å². The molecule has 0 radical (unpaired) electrons. The van der Waals surface area contributed by atoms with Gasteiger partial charge in [-0.2, -0.15) is 0 Å². The maximum Gasteiger partial charge on any atom is 0.336 e. The van der Waals surface area contributed by atoms with Gasteiger partial charge in [-0.1, -0.05) is 23.2 Å². The molecule has 0 atom stereocenters. The second-order valence-corrected chi connectivity index (χ2v) is 5.28. The van der Waals surface area contributed by atoms with Crippen molar-refractivity contribution >= 4 is 35.2 Å². The summed E-state index contributed by atoms with van der Waals surface area (Å²) in [6.45, 7) is 0. The highest BCUT2D eigenvalue weighted by molar-refractivity contribution is 6.34. The summed E-state index contributed by atoms with van der Waals surface area (Å²) in [6.07, 6.45) is 2.84. The van der Waals surface area contributed by atoms with Crippen LogP contribution in [0.2, 0.25) is 10.0 Å². The van der Waals surface area contributed by atoms with E-state index in [1.807, 2.05) is 0 Å². The summed E-state index contributed by atoms with van der Waals surface area (Å²) in [6, 6.07) is 9.90. The van der Waals surface area contributed by atoms with Crippen molar-refractivity contribution in [3.63, 3.8) is 0 Å². The Hall–Kier alpha value is -2.17. The Morgan fingerprint density at radius 3 is 2.48 bits per heavy atom. The fourth-order valence-electron chi connectivity index (χ4n) is 1.83. The van der Waals surface area contributed by atoms with E-state index in [-0.39, 0.29) is 5.75 Å². The lowest BCUT2D eigenvalue weighted by atomic mass is 10.1. The van der Waals surface area contributed by atoms with Gasteiger partial charge in [0.05, 0.1) is 19.2 Å². The second-order valence-electron chi connectivity index (χ2n) is 4.44. The summed E-state index contributed by atoms with van der Waals surface area (Å²) >= 11 is 11.8. The van der Waals surface area contributed by atoms with Crippen molar-refractivity contribution in [1.82, 2.24) is 0 Å². The van der Waals surface area contributed by atoms with E-state index in [2.05, 4.69) is 0 Å². The van der Waals surface area contributed by atoms with Crippen molar-refractivity contribution in [2.45, 2.75) is 0 Å². The van der Waals surface area contributed by atoms with E-state index in [0.717, 1.165) is 0 Å². The summed E-state index contributed by atoms with van der Waals surface area (Å²) in [4.78, 5) is 11.9. The van der Waals surface area contributed by atoms with Gasteiger partial charge in [0.1, 0.15) is 11.5 Å². The molecule has 6 heteroatoms. The Morgan fingerprint density at radius 2 is 1.78 bits per heavy atom. The number of carbonyl (C=O) groups is 1. The van der Waals surface area contributed by atoms with Gasteiger partial charge in [0.25, 0.3) is 0 Å². The lowest BCUT2D eigenvalue weighted by Gasteiger charge is -2.07. The van der Waals surface area contributed by atoms with Gasteiger partial charge >= 0.3 is 5.97 Å². The van der Waals surface area contributed by atoms with Crippen LogP contribution in [-0.4, -0.2) is 20.2 Å². The number of carbonyl (C=O) groups excluding carboxylic acids is 1. The second kappa shape index (κ2) is 7.90. The van der Waals surface area contributed by atoms with Crippen molar-refractivity contribution in [1.29, 1.82) is 0 Å². The van der Waals surface area contributed by atoms with Gasteiger partial charge in [-0.25, -0.2) is 4.79 Å². The average molecular weight is 353 g/mol. The molecule has 0 aliphatic carbocycles. The maximum absolute atomic E-state index is 11.9. The molecule has 2 aromatic rings. The number of ether oxygens (including phenoxy) is 3. The molecule has 0 spiro atoms. The van der Waals surface area contributed by atoms with Crippen molar-refractivity contribution in [3.8, 4) is 17.2 Å². The van der Waals surface area contributed by atoms with Crippen molar-refractivity contribution in [2.75, 3.05) is 14.2 Å². The van der Waals surface area contributed by atoms with Crippen LogP contribution in [0.4, 0.5) is 0 Å². The first-order valence-electron chi connectivity index (χ1n) is 6.60. The third-order valence-corrected chi connectivity index (χ3v) is 3.49. The van der Waals surface area contributed by atoms with E-state index in [4.69, 9.17) is 37.4 Å². The van der Waals surface area contributed by atoms with E-state index < -0.39 is 5.97 Å². The molecule has 0 aliphatic rings. The minimum atomic E-state index is -0.584. The standard InChI is InChI=1S/C17H14Cl2O4/c1-21-13-5-7-15(22-2)11(9-13)3-8-17(20)23-16-10-12(18)4-6-14(16)19/h3-10H,1-2H3/b8-3+. The van der Waals surface area contributed by atoms with E-state index >= 15 is 0 Å². The van der Waals surface area contributed by atoms with Crippen LogP contribution in [0.5, 0.6) is 17.2 Å². The normalized spacial score (nSPS) is 10.6. The summed E-state index contributed by atoms with van der Waals surface area (Å²) in [5.74, 6) is 0.873. The minimum absolute atomic E-state index is 0.200. The molecule has 0 N–H and O–H groups in total. The molecule has 0 unspecified atom stereocenters. The first kappa shape index (κ1) is 17.2. The van der Waals surface area contributed by atoms with Crippen molar-refractivity contribution in [2.24, 2.45) is 0 Å². The van der Waals surface area contributed by atoms with Gasteiger partial charge in [0.2, 0.25) is 0 Å². The molecule has 0 saturated carbocycles. The topological polar surface area (TPSA) is 44.8 Å². The zero-order valence-electron chi connectivity index (χ0n) is 12.5. The highest BCUT2D eigenvalue weighted by atomic mass is 35.5. The molecule has 2 rings (SSSR count). The molecule has 0 amide bonds. The van der Waals surface area contributed by atoms with Crippen LogP contribution in [0.3, 0.4) is 0 Å². The molecule has 4 nitrogen and oxygen atoms in total. The van der Waals surface area contributed by atoms with Crippen molar-refractivity contribution in [3.05, 3.63) is 58.1 Å². The lowest BCUT2D eigenvalue weighted by Crippen LogP contribution is -2.04. The van der Waals surface area contributed by atoms with Crippen LogP contribution in [0.1, 0.15) is 5.56 Å². The number of hydrogen-bond acceptors (Lipinski definition) is 4. The fourth-order valence-corrected chi connectivity index (χ4v) is 2.14. The summed E-state index contributed by atoms with van der Waals surface area (Å²) in [7, 11) is 3.11. The molecule has 0 bridgehead atoms. The van der Waals surface area contributed by atoms with Crippen LogP contribution < -0.4 is 14.2 Å². The summed E-state index contributed by atoms with van der Waals surface area (Å²) < 4.78 is 15.5. The largest absolute Gasteiger partial charge is 0.497 e. The van der Waals surface area contributed by atoms with Crippen LogP contribution in [0.15, 0.2) is 42.5 Å². The molecule has 0 aliphatic heterocycles. The Labute approximate surface area is 144 Å². The van der Waals surface area contributed by atoms with Gasteiger partial charge in [0, 0.05) is 22.7 Å². The Bertz CT molecular complexity index is 741. The van der Waals surface area contributed by atoms with Crippen LogP contribution in [0.25, 0.3) is 6.08 Å². The van der Waals surface area contributed by atoms with Crippen LogP contribution in [-0.2, 0) is 4.79 Å². The molecule has 23 heavy (non-hydrogen) atoms. The first-order chi connectivity index (χ1) is 11.0. The highest BCUT2D eigenvalue weighted by Crippen LogP contribution is 2.28. The number of rotatable bonds is 5. The average Bonchev–Trinajstić information content (AvgIpc) is 2.56. The lowest BCUT2D eigenvalue weighted by molar-refractivity contribution is -0.128. The predicted octanol–water partition coefficient (Wildman–Crippen LogP) is 4.63. The van der Waals surface area contributed by atoms with Crippen LogP contribution >= 0.6 is 23.2 Å². The van der Waals surface area contributed by atoms with Gasteiger partial charge < -0.3 is 14.2 Å². The molecule has 120 valence electrons. The van der Waals surface area contributed by atoms with Gasteiger partial charge in [0.15, 0.2) is 5.75 Å². The van der Waals surface area contributed by atoms with Gasteiger partial charge in [-0.3, -0.25) is 0 Å². The number of halogens is 2. The molecule has 0 heterocycles. The number of esters is 1. The van der Waals surface area contributed by atoms with Gasteiger partial charge in [-0.05, 0) is 36.4 Å². The van der Waals surface area contributed by atoms with Crippen LogP contribution in [0, 0.1) is 0 Å². The Morgan fingerprint density at radius 1 is 1.00 bits per heavy atom. The molecular formula is C17H14Cl2O4. The maximum atomic E-state index is 11.9. The van der Waals surface area contributed by atoms with Gasteiger partial charge in [-0.15, -0.1) is 0 Å². The zero-order chi connectivity index (χ0) is 16.8. The Balaban J connectivity index is 2.16. The predicted molar refractivity (Wildman–Crippen MR) is 90.7 cm³/mol. The van der Waals surface area contributed by atoms with E-state index in [1.54, 1.807) is 50.6 Å². The minimum Gasteiger partial charge on any atom is -0.497 e. The highest BCUT2D eigenvalue weighted by Gasteiger charge is 2.08. The third-order valence-electron chi connectivity index (χ3n) is 2.94. The van der Waals surface area contributed by atoms with Crippen molar-refractivity contribution < 1.29 is 19.0 Å². The van der Waals surface area contributed by atoms with E-state index in [9.17, 15) is 4.79 Å². The molecule has 0 fully saturated rings. The monoisotopic (exact) mass is 352 g/mol. The molecule has 0 saturated heterocycles. The number of methoxy groups -OCH3 is 2. The quantitative estimate of drug-likeness (QED) is 0.447. The molecular weight excluding hydrogens is 339 g/mol. The Kier molecular flexibility index (Phi) is 5.90.